The van der Waals surface area contributed by atoms with Crippen molar-refractivity contribution in [1.82, 2.24) is 24.8 Å². The van der Waals surface area contributed by atoms with E-state index in [2.05, 4.69) is 29.5 Å². The van der Waals surface area contributed by atoms with E-state index < -0.39 is 10.0 Å². The zero-order chi connectivity index (χ0) is 26.8. The van der Waals surface area contributed by atoms with Gasteiger partial charge in [-0.2, -0.15) is 0 Å². The Morgan fingerprint density at radius 3 is 2.77 bits per heavy atom. The van der Waals surface area contributed by atoms with Crippen LogP contribution in [0.1, 0.15) is 18.4 Å². The number of nitrogens with two attached hydrogens (primary N) is 1. The fraction of sp³-hybridized carbons (Fsp3) is 0.385. The fourth-order valence-corrected chi connectivity index (χ4v) is 6.95. The predicted molar refractivity (Wildman–Crippen MR) is 151 cm³/mol. The van der Waals surface area contributed by atoms with Gasteiger partial charge in [-0.25, -0.2) is 23.4 Å². The van der Waals surface area contributed by atoms with Crippen molar-refractivity contribution in [2.75, 3.05) is 49.0 Å². The molecule has 4 aromatic rings. The van der Waals surface area contributed by atoms with Gasteiger partial charge in [-0.3, -0.25) is 14.6 Å². The number of morpholine rings is 1. The first-order valence-electron chi connectivity index (χ1n) is 12.9. The maximum Gasteiger partial charge on any atom is 0.261 e. The number of piperidine rings is 1. The second-order valence-electron chi connectivity index (χ2n) is 9.79. The van der Waals surface area contributed by atoms with Crippen LogP contribution in [0.4, 0.5) is 11.5 Å². The lowest BCUT2D eigenvalue weighted by Crippen LogP contribution is -2.42. The largest absolute Gasteiger partial charge is 0.378 e. The Balaban J connectivity index is 1.17. The first kappa shape index (κ1) is 26.0. The third-order valence-corrected chi connectivity index (χ3v) is 9.24. The topological polar surface area (TPSA) is 139 Å². The highest BCUT2D eigenvalue weighted by atomic mass is 32.2. The Bertz CT molecular complexity index is 1560. The average molecular weight is 567 g/mol. The highest BCUT2D eigenvalue weighted by Gasteiger charge is 2.21. The summed E-state index contributed by atoms with van der Waals surface area (Å²) < 4.78 is 34.4. The van der Waals surface area contributed by atoms with Gasteiger partial charge < -0.3 is 15.4 Å². The van der Waals surface area contributed by atoms with Crippen LogP contribution in [0, 0.1) is 0 Å². The van der Waals surface area contributed by atoms with Crippen LogP contribution >= 0.6 is 11.3 Å². The van der Waals surface area contributed by atoms with E-state index in [1.54, 1.807) is 36.7 Å². The Morgan fingerprint density at radius 2 is 1.97 bits per heavy atom. The summed E-state index contributed by atoms with van der Waals surface area (Å²) in [6, 6.07) is 10.7. The molecule has 13 heteroatoms. The van der Waals surface area contributed by atoms with E-state index in [0.29, 0.717) is 36.1 Å². The van der Waals surface area contributed by atoms with Crippen molar-refractivity contribution in [2.24, 2.45) is 5.73 Å². The van der Waals surface area contributed by atoms with Crippen molar-refractivity contribution in [3.05, 3.63) is 54.5 Å². The van der Waals surface area contributed by atoms with E-state index in [1.165, 1.54) is 17.5 Å². The molecule has 11 nitrogen and oxygen atoms in total. The summed E-state index contributed by atoms with van der Waals surface area (Å²) in [5.74, 6) is 0.792. The molecule has 204 valence electrons. The number of aromatic nitrogens is 4. The number of thiazole rings is 1. The highest BCUT2D eigenvalue weighted by Crippen LogP contribution is 2.32. The highest BCUT2D eigenvalue weighted by molar-refractivity contribution is 7.92. The molecule has 1 atom stereocenters. The molecule has 2 aliphatic heterocycles. The SMILES string of the molecule is NC1CCCN(Cc2cccc(S(=O)(=O)Nc3ccc(-c4nc5c(N6CCOCC6)ncnc5s4)nc3)c2)C1. The minimum Gasteiger partial charge on any atom is -0.378 e. The number of sulfonamides is 1. The molecule has 0 amide bonds. The zero-order valence-corrected chi connectivity index (χ0v) is 23.0. The third-order valence-electron chi connectivity index (χ3n) is 6.88. The molecule has 3 aromatic heterocycles. The smallest absolute Gasteiger partial charge is 0.261 e. The van der Waals surface area contributed by atoms with Gasteiger partial charge in [0.15, 0.2) is 5.82 Å². The summed E-state index contributed by atoms with van der Waals surface area (Å²) in [5, 5.41) is 0.694. The van der Waals surface area contributed by atoms with Crippen LogP contribution in [0.3, 0.4) is 0 Å². The molecule has 2 saturated heterocycles. The summed E-state index contributed by atoms with van der Waals surface area (Å²) in [4.78, 5) is 23.5. The molecule has 5 heterocycles. The molecule has 1 unspecified atom stereocenters. The van der Waals surface area contributed by atoms with Gasteiger partial charge in [-0.15, -0.1) is 0 Å². The normalized spacial score (nSPS) is 18.9. The van der Waals surface area contributed by atoms with E-state index in [-0.39, 0.29) is 10.9 Å². The lowest BCUT2D eigenvalue weighted by atomic mass is 10.1. The van der Waals surface area contributed by atoms with Crippen LogP contribution in [0.2, 0.25) is 0 Å². The van der Waals surface area contributed by atoms with Crippen molar-refractivity contribution in [3.8, 4) is 10.7 Å². The summed E-state index contributed by atoms with van der Waals surface area (Å²) in [6.45, 7) is 5.27. The Hall–Kier alpha value is -3.23. The summed E-state index contributed by atoms with van der Waals surface area (Å²) in [6.07, 6.45) is 5.15. The van der Waals surface area contributed by atoms with Crippen molar-refractivity contribution in [2.45, 2.75) is 30.3 Å². The molecule has 3 N–H and O–H groups in total. The van der Waals surface area contributed by atoms with Gasteiger partial charge in [0.25, 0.3) is 10.0 Å². The van der Waals surface area contributed by atoms with E-state index in [0.717, 1.165) is 60.7 Å². The summed E-state index contributed by atoms with van der Waals surface area (Å²) in [7, 11) is -3.78. The van der Waals surface area contributed by atoms with Gasteiger partial charge in [0.1, 0.15) is 21.7 Å². The number of ether oxygens (including phenoxy) is 1. The first-order valence-corrected chi connectivity index (χ1v) is 15.2. The molecule has 2 aliphatic rings. The minimum absolute atomic E-state index is 0.172. The molecule has 0 aliphatic carbocycles. The van der Waals surface area contributed by atoms with Crippen molar-refractivity contribution in [1.29, 1.82) is 0 Å². The molecule has 6 rings (SSSR count). The van der Waals surface area contributed by atoms with Crippen molar-refractivity contribution < 1.29 is 13.2 Å². The molecule has 0 bridgehead atoms. The van der Waals surface area contributed by atoms with Gasteiger partial charge >= 0.3 is 0 Å². The number of nitrogens with one attached hydrogen (secondary N) is 1. The molecule has 0 saturated carbocycles. The van der Waals surface area contributed by atoms with Gasteiger partial charge in [-0.1, -0.05) is 23.5 Å². The number of anilines is 2. The lowest BCUT2D eigenvalue weighted by Gasteiger charge is -2.30. The number of hydrogen-bond acceptors (Lipinski definition) is 11. The van der Waals surface area contributed by atoms with Gasteiger partial charge in [-0.05, 0) is 49.2 Å². The zero-order valence-electron chi connectivity index (χ0n) is 21.4. The van der Waals surface area contributed by atoms with Gasteiger partial charge in [0.2, 0.25) is 0 Å². The molecular weight excluding hydrogens is 536 g/mol. The van der Waals surface area contributed by atoms with Crippen LogP contribution in [-0.4, -0.2) is 78.7 Å². The van der Waals surface area contributed by atoms with Crippen molar-refractivity contribution >= 4 is 43.2 Å². The van der Waals surface area contributed by atoms with E-state index in [4.69, 9.17) is 15.5 Å². The summed E-state index contributed by atoms with van der Waals surface area (Å²) >= 11 is 1.43. The van der Waals surface area contributed by atoms with Crippen LogP contribution in [-0.2, 0) is 21.3 Å². The molecule has 39 heavy (non-hydrogen) atoms. The number of pyridine rings is 1. The lowest BCUT2D eigenvalue weighted by molar-refractivity contribution is 0.122. The molecular formula is C26H30N8O3S2. The number of benzene rings is 1. The second kappa shape index (κ2) is 11.1. The fourth-order valence-electron chi connectivity index (χ4n) is 4.96. The third kappa shape index (κ3) is 5.87. The number of likely N-dealkylation sites (tertiary alicyclic amines) is 1. The van der Waals surface area contributed by atoms with Crippen LogP contribution in [0.25, 0.3) is 21.0 Å². The maximum atomic E-state index is 13.1. The van der Waals surface area contributed by atoms with Gasteiger partial charge in [0, 0.05) is 32.2 Å². The molecule has 1 aromatic carbocycles. The van der Waals surface area contributed by atoms with Gasteiger partial charge in [0.05, 0.1) is 35.7 Å². The maximum absolute atomic E-state index is 13.1. The van der Waals surface area contributed by atoms with E-state index >= 15 is 0 Å². The molecule has 0 radical (unpaired) electrons. The van der Waals surface area contributed by atoms with Crippen LogP contribution in [0.5, 0.6) is 0 Å². The predicted octanol–water partition coefficient (Wildman–Crippen LogP) is 2.71. The minimum atomic E-state index is -3.78. The monoisotopic (exact) mass is 566 g/mol. The second-order valence-corrected chi connectivity index (χ2v) is 12.5. The number of hydrogen-bond donors (Lipinski definition) is 2. The number of fused-ring (bicyclic) bond motifs is 1. The number of nitrogens with zero attached hydrogens (tertiary/aromatic N) is 6. The molecule has 2 fully saturated rings. The Kier molecular flexibility index (Phi) is 7.40. The van der Waals surface area contributed by atoms with Crippen molar-refractivity contribution in [3.63, 3.8) is 0 Å². The average Bonchev–Trinajstić information content (AvgIpc) is 3.39. The number of rotatable bonds is 7. The Labute approximate surface area is 231 Å². The van der Waals surface area contributed by atoms with E-state index in [1.807, 2.05) is 6.07 Å². The first-order chi connectivity index (χ1) is 18.9. The quantitative estimate of drug-likeness (QED) is 0.343. The summed E-state index contributed by atoms with van der Waals surface area (Å²) in [5.41, 5.74) is 8.79. The van der Waals surface area contributed by atoms with Crippen LogP contribution in [0.15, 0.2) is 53.8 Å². The van der Waals surface area contributed by atoms with E-state index in [9.17, 15) is 8.42 Å². The Morgan fingerprint density at radius 1 is 1.10 bits per heavy atom. The standard InChI is InChI=1S/C26H30N8O3S2/c27-19-4-2-8-33(16-19)15-18-3-1-5-21(13-18)39(35,36)32-20-6-7-22(28-14-20)25-31-23-24(29-17-30-26(23)38-25)34-9-11-37-12-10-34/h1,3,5-7,13-14,17,19,32H,2,4,8-12,15-16,27H2. The molecule has 0 spiro atoms. The van der Waals surface area contributed by atoms with Crippen LogP contribution < -0.4 is 15.4 Å².